The number of rotatable bonds is 5. The first kappa shape index (κ1) is 25.5. The number of amides is 4. The first-order valence-electron chi connectivity index (χ1n) is 12.4. The molecule has 2 aliphatic heterocycles. The molecule has 38 heavy (non-hydrogen) atoms. The molecule has 4 amide bonds. The maximum Gasteiger partial charge on any atom is 0.329 e. The van der Waals surface area contributed by atoms with Crippen LogP contribution in [0.3, 0.4) is 0 Å². The minimum atomic E-state index is -1.18. The number of hydrogen-bond donors (Lipinski definition) is 1. The average Bonchev–Trinajstić information content (AvgIpc) is 3.22. The standard InChI is InChI=1S/C28H28ClN5O4/c1-31(17-19-12-15-24(29)30-16-19)27(37)34-22-13-14-23(34)25(26(35)36)32(18-22)28(38)33(20-8-4-2-5-9-20)21-10-6-3-7-11-21/h2-12,15-16,22-23,25H,13-14,17-18H2,1H3,(H,35,36)/t22?,23-,25+/m1/s1. The van der Waals surface area contributed by atoms with E-state index in [1.807, 2.05) is 60.7 Å². The van der Waals surface area contributed by atoms with Gasteiger partial charge in [0.25, 0.3) is 0 Å². The number of likely N-dealkylation sites (tertiary alicyclic amines) is 1. The second-order valence-electron chi connectivity index (χ2n) is 9.56. The lowest BCUT2D eigenvalue weighted by Crippen LogP contribution is -2.67. The number of aliphatic carboxylic acids is 1. The Morgan fingerprint density at radius 3 is 2.13 bits per heavy atom. The lowest BCUT2D eigenvalue weighted by atomic mass is 10.0. The van der Waals surface area contributed by atoms with E-state index in [0.717, 1.165) is 5.56 Å². The number of piperazine rings is 1. The maximum absolute atomic E-state index is 14.1. The van der Waals surface area contributed by atoms with Crippen molar-refractivity contribution >= 4 is 41.0 Å². The van der Waals surface area contributed by atoms with Gasteiger partial charge in [0.05, 0.1) is 23.5 Å². The number of benzene rings is 2. The third-order valence-corrected chi connectivity index (χ3v) is 7.35. The summed E-state index contributed by atoms with van der Waals surface area (Å²) in [7, 11) is 1.68. The Hall–Kier alpha value is -4.11. The van der Waals surface area contributed by atoms with E-state index in [4.69, 9.17) is 11.6 Å². The summed E-state index contributed by atoms with van der Waals surface area (Å²) in [5, 5.41) is 10.7. The van der Waals surface area contributed by atoms with Gasteiger partial charge >= 0.3 is 18.0 Å². The topological polar surface area (TPSA) is 97.3 Å². The Bertz CT molecular complexity index is 1270. The highest BCUT2D eigenvalue weighted by Gasteiger charge is 2.54. The van der Waals surface area contributed by atoms with Crippen molar-refractivity contribution in [1.82, 2.24) is 19.7 Å². The van der Waals surface area contributed by atoms with Gasteiger partial charge < -0.3 is 19.8 Å². The fourth-order valence-electron chi connectivity index (χ4n) is 5.43. The number of para-hydroxylation sites is 2. The van der Waals surface area contributed by atoms with Gasteiger partial charge in [0, 0.05) is 26.3 Å². The average molecular weight is 534 g/mol. The van der Waals surface area contributed by atoms with Crippen LogP contribution in [0.25, 0.3) is 0 Å². The summed E-state index contributed by atoms with van der Waals surface area (Å²) in [5.41, 5.74) is 2.08. The van der Waals surface area contributed by atoms with Crippen LogP contribution >= 0.6 is 11.6 Å². The summed E-state index contributed by atoms with van der Waals surface area (Å²) in [5.74, 6) is -1.13. The van der Waals surface area contributed by atoms with Gasteiger partial charge in [-0.2, -0.15) is 0 Å². The molecule has 3 aromatic rings. The van der Waals surface area contributed by atoms with Crippen molar-refractivity contribution in [2.45, 2.75) is 37.5 Å². The molecular weight excluding hydrogens is 506 g/mol. The van der Waals surface area contributed by atoms with Gasteiger partial charge in [0.15, 0.2) is 6.04 Å². The molecule has 2 bridgehead atoms. The quantitative estimate of drug-likeness (QED) is 0.473. The van der Waals surface area contributed by atoms with Crippen molar-refractivity contribution in [1.29, 1.82) is 0 Å². The number of carboxylic acid groups (broad SMARTS) is 1. The molecular formula is C28H28ClN5O4. The molecule has 1 N–H and O–H groups in total. The predicted octanol–water partition coefficient (Wildman–Crippen LogP) is 4.85. The number of halogens is 1. The molecule has 9 nitrogen and oxygen atoms in total. The number of urea groups is 2. The van der Waals surface area contributed by atoms with Gasteiger partial charge in [-0.15, -0.1) is 0 Å². The molecule has 2 aliphatic rings. The van der Waals surface area contributed by atoms with Crippen LogP contribution < -0.4 is 4.90 Å². The molecule has 0 radical (unpaired) electrons. The lowest BCUT2D eigenvalue weighted by Gasteiger charge is -2.47. The van der Waals surface area contributed by atoms with E-state index in [9.17, 15) is 19.5 Å². The summed E-state index contributed by atoms with van der Waals surface area (Å²) >= 11 is 5.87. The number of carboxylic acids is 1. The van der Waals surface area contributed by atoms with Gasteiger partial charge in [-0.05, 0) is 48.7 Å². The molecule has 5 rings (SSSR count). The Balaban J connectivity index is 1.42. The highest BCUT2D eigenvalue weighted by molar-refractivity contribution is 6.29. The first-order valence-corrected chi connectivity index (χ1v) is 12.8. The van der Waals surface area contributed by atoms with Gasteiger partial charge in [-0.3, -0.25) is 4.90 Å². The van der Waals surface area contributed by atoms with Crippen molar-refractivity contribution in [3.63, 3.8) is 0 Å². The summed E-state index contributed by atoms with van der Waals surface area (Å²) in [6, 6.07) is 19.0. The van der Waals surface area contributed by atoms with Crippen molar-refractivity contribution < 1.29 is 19.5 Å². The molecule has 196 valence electrons. The smallest absolute Gasteiger partial charge is 0.329 e. The van der Waals surface area contributed by atoms with E-state index in [1.54, 1.807) is 35.2 Å². The minimum Gasteiger partial charge on any atom is -0.480 e. The van der Waals surface area contributed by atoms with Crippen LogP contribution in [0.1, 0.15) is 18.4 Å². The maximum atomic E-state index is 14.1. The van der Waals surface area contributed by atoms with Crippen molar-refractivity contribution in [3.8, 4) is 0 Å². The summed E-state index contributed by atoms with van der Waals surface area (Å²) in [4.78, 5) is 50.5. The zero-order valence-corrected chi connectivity index (χ0v) is 21.6. The summed E-state index contributed by atoms with van der Waals surface area (Å²) in [6.07, 6.45) is 2.74. The van der Waals surface area contributed by atoms with Crippen LogP contribution in [0.4, 0.5) is 21.0 Å². The lowest BCUT2D eigenvalue weighted by molar-refractivity contribution is -0.145. The number of pyridine rings is 1. The third kappa shape index (κ3) is 4.89. The van der Waals surface area contributed by atoms with Crippen LogP contribution in [0.15, 0.2) is 79.0 Å². The van der Waals surface area contributed by atoms with Crippen LogP contribution in [0, 0.1) is 0 Å². The Labute approximate surface area is 225 Å². The van der Waals surface area contributed by atoms with E-state index in [0.29, 0.717) is 35.9 Å². The van der Waals surface area contributed by atoms with Gasteiger partial charge in [0.1, 0.15) is 5.15 Å². The van der Waals surface area contributed by atoms with Gasteiger partial charge in [-0.25, -0.2) is 19.4 Å². The zero-order chi connectivity index (χ0) is 26.8. The number of fused-ring (bicyclic) bond motifs is 2. The van der Waals surface area contributed by atoms with Crippen molar-refractivity contribution in [2.24, 2.45) is 0 Å². The highest BCUT2D eigenvalue weighted by atomic mass is 35.5. The minimum absolute atomic E-state index is 0.130. The SMILES string of the molecule is CN(Cc1ccc(Cl)nc1)C(=O)N1C2CC[C@@H]1[C@@H](C(=O)O)N(C(=O)N(c1ccccc1)c1ccccc1)C2. The van der Waals surface area contributed by atoms with E-state index >= 15 is 0 Å². The normalized spacial score (nSPS) is 20.2. The predicted molar refractivity (Wildman–Crippen MR) is 143 cm³/mol. The van der Waals surface area contributed by atoms with Crippen molar-refractivity contribution in [3.05, 3.63) is 89.7 Å². The molecule has 2 fully saturated rings. The number of carbonyl (C=O) groups is 3. The molecule has 0 aliphatic carbocycles. The van der Waals surface area contributed by atoms with E-state index < -0.39 is 24.1 Å². The fraction of sp³-hybridized carbons (Fsp3) is 0.286. The molecule has 1 unspecified atom stereocenters. The molecule has 10 heteroatoms. The summed E-state index contributed by atoms with van der Waals surface area (Å²) in [6.45, 7) is 0.430. The highest BCUT2D eigenvalue weighted by Crippen LogP contribution is 2.37. The largest absolute Gasteiger partial charge is 0.480 e. The third-order valence-electron chi connectivity index (χ3n) is 7.13. The van der Waals surface area contributed by atoms with E-state index in [1.165, 1.54) is 9.80 Å². The molecule has 0 saturated carbocycles. The van der Waals surface area contributed by atoms with E-state index in [2.05, 4.69) is 4.98 Å². The van der Waals surface area contributed by atoms with E-state index in [-0.39, 0.29) is 18.6 Å². The first-order chi connectivity index (χ1) is 18.3. The Kier molecular flexibility index (Phi) is 7.20. The van der Waals surface area contributed by atoms with Crippen LogP contribution in [-0.4, -0.2) is 74.5 Å². The molecule has 2 aromatic carbocycles. The van der Waals surface area contributed by atoms with Crippen molar-refractivity contribution in [2.75, 3.05) is 18.5 Å². The second kappa shape index (κ2) is 10.7. The Morgan fingerprint density at radius 2 is 1.58 bits per heavy atom. The Morgan fingerprint density at radius 1 is 0.947 bits per heavy atom. The van der Waals surface area contributed by atoms with Crippen LogP contribution in [-0.2, 0) is 11.3 Å². The monoisotopic (exact) mass is 533 g/mol. The second-order valence-corrected chi connectivity index (χ2v) is 9.95. The molecule has 3 heterocycles. The molecule has 3 atom stereocenters. The molecule has 1 aromatic heterocycles. The number of aromatic nitrogens is 1. The van der Waals surface area contributed by atoms with Crippen LogP contribution in [0.5, 0.6) is 0 Å². The van der Waals surface area contributed by atoms with Gasteiger partial charge in [-0.1, -0.05) is 54.1 Å². The van der Waals surface area contributed by atoms with Crippen LogP contribution in [0.2, 0.25) is 5.15 Å². The fourth-order valence-corrected chi connectivity index (χ4v) is 5.55. The number of hydrogen-bond acceptors (Lipinski definition) is 4. The molecule has 2 saturated heterocycles. The number of nitrogens with zero attached hydrogens (tertiary/aromatic N) is 5. The summed E-state index contributed by atoms with van der Waals surface area (Å²) < 4.78 is 0. The molecule has 0 spiro atoms. The zero-order valence-electron chi connectivity index (χ0n) is 20.9. The number of anilines is 2. The number of carbonyl (C=O) groups excluding carboxylic acids is 2. The van der Waals surface area contributed by atoms with Gasteiger partial charge in [0.2, 0.25) is 0 Å².